The zero-order valence-corrected chi connectivity index (χ0v) is 26.2. The van der Waals surface area contributed by atoms with Gasteiger partial charge in [0.25, 0.3) is 0 Å². The van der Waals surface area contributed by atoms with E-state index in [4.69, 9.17) is 0 Å². The Morgan fingerprint density at radius 1 is 0.512 bits per heavy atom. The first-order chi connectivity index (χ1) is 20.2. The van der Waals surface area contributed by atoms with Crippen LogP contribution in [-0.4, -0.2) is 0 Å². The molecular weight excluding hydrogens is 492 g/mol. The number of unbranched alkanes of at least 4 members (excludes halogenated alkanes) is 3. The molecule has 0 nitrogen and oxygen atoms in total. The highest BCUT2D eigenvalue weighted by Gasteiger charge is 2.24. The Balaban J connectivity index is 1.21. The Labute approximate surface area is 252 Å². The fourth-order valence-corrected chi connectivity index (χ4v) is 8.02. The summed E-state index contributed by atoms with van der Waals surface area (Å²) < 4.78 is 0. The molecular formula is C41H56. The van der Waals surface area contributed by atoms with Gasteiger partial charge in [-0.3, -0.25) is 0 Å². The van der Waals surface area contributed by atoms with Gasteiger partial charge in [0.05, 0.1) is 0 Å². The number of rotatable bonds is 13. The summed E-state index contributed by atoms with van der Waals surface area (Å²) in [6.45, 7) is 4.64. The normalized spacial score (nSPS) is 23.8. The molecule has 1 atom stereocenters. The fraction of sp³-hybridized carbons (Fsp3) is 0.561. The van der Waals surface area contributed by atoms with Crippen LogP contribution in [0.25, 0.3) is 0 Å². The summed E-state index contributed by atoms with van der Waals surface area (Å²) in [5.74, 6) is 3.89. The molecule has 220 valence electrons. The van der Waals surface area contributed by atoms with Crippen LogP contribution in [0.5, 0.6) is 0 Å². The van der Waals surface area contributed by atoms with Gasteiger partial charge in [-0.15, -0.1) is 0 Å². The lowest BCUT2D eigenvalue weighted by Crippen LogP contribution is -2.14. The first kappa shape index (κ1) is 30.1. The van der Waals surface area contributed by atoms with E-state index in [1.807, 2.05) is 0 Å². The molecule has 0 aliphatic heterocycles. The van der Waals surface area contributed by atoms with Gasteiger partial charge in [-0.05, 0) is 109 Å². The van der Waals surface area contributed by atoms with Gasteiger partial charge in [0, 0.05) is 5.92 Å². The summed E-state index contributed by atoms with van der Waals surface area (Å²) >= 11 is 0. The average Bonchev–Trinajstić information content (AvgIpc) is 3.04. The van der Waals surface area contributed by atoms with Crippen molar-refractivity contribution >= 4 is 0 Å². The first-order valence-corrected chi connectivity index (χ1v) is 17.5. The van der Waals surface area contributed by atoms with Crippen molar-refractivity contribution in [3.63, 3.8) is 0 Å². The SMILES string of the molecule is CCCCCC1CCC(c2ccc(C(Cc3ccc(C4CCC(CCCC)CC4)cc3)c3ccccc3)cc2)CC1. The highest BCUT2D eigenvalue weighted by Crippen LogP contribution is 2.40. The first-order valence-electron chi connectivity index (χ1n) is 17.5. The van der Waals surface area contributed by atoms with Crippen molar-refractivity contribution < 1.29 is 0 Å². The second-order valence-corrected chi connectivity index (χ2v) is 13.6. The quantitative estimate of drug-likeness (QED) is 0.186. The lowest BCUT2D eigenvalue weighted by molar-refractivity contribution is 0.303. The topological polar surface area (TPSA) is 0 Å². The fourth-order valence-electron chi connectivity index (χ4n) is 8.02. The van der Waals surface area contributed by atoms with Crippen LogP contribution in [0.15, 0.2) is 78.9 Å². The molecule has 5 rings (SSSR count). The van der Waals surface area contributed by atoms with Crippen molar-refractivity contribution in [1.29, 1.82) is 0 Å². The largest absolute Gasteiger partial charge is 0.0654 e. The zero-order valence-electron chi connectivity index (χ0n) is 26.2. The van der Waals surface area contributed by atoms with Crippen LogP contribution in [0.2, 0.25) is 0 Å². The zero-order chi connectivity index (χ0) is 28.3. The van der Waals surface area contributed by atoms with Gasteiger partial charge in [-0.2, -0.15) is 0 Å². The van der Waals surface area contributed by atoms with Crippen LogP contribution < -0.4 is 0 Å². The van der Waals surface area contributed by atoms with Crippen LogP contribution in [0.3, 0.4) is 0 Å². The maximum atomic E-state index is 2.47. The molecule has 0 radical (unpaired) electrons. The van der Waals surface area contributed by atoms with Gasteiger partial charge in [-0.1, -0.05) is 138 Å². The molecule has 0 heteroatoms. The van der Waals surface area contributed by atoms with Crippen LogP contribution in [0.1, 0.15) is 156 Å². The maximum Gasteiger partial charge on any atom is 0.0130 e. The molecule has 41 heavy (non-hydrogen) atoms. The Morgan fingerprint density at radius 3 is 1.54 bits per heavy atom. The molecule has 0 heterocycles. The number of hydrogen-bond acceptors (Lipinski definition) is 0. The highest BCUT2D eigenvalue weighted by molar-refractivity contribution is 5.38. The molecule has 0 saturated heterocycles. The van der Waals surface area contributed by atoms with E-state index in [9.17, 15) is 0 Å². The minimum atomic E-state index is 0.402. The molecule has 2 fully saturated rings. The van der Waals surface area contributed by atoms with Crippen LogP contribution >= 0.6 is 0 Å². The molecule has 3 aromatic rings. The third-order valence-electron chi connectivity index (χ3n) is 10.8. The number of benzene rings is 3. The van der Waals surface area contributed by atoms with E-state index in [0.717, 1.165) is 30.1 Å². The van der Waals surface area contributed by atoms with Crippen molar-refractivity contribution in [3.8, 4) is 0 Å². The summed E-state index contributed by atoms with van der Waals surface area (Å²) in [6, 6.07) is 30.8. The highest BCUT2D eigenvalue weighted by atomic mass is 14.3. The van der Waals surface area contributed by atoms with E-state index in [0.29, 0.717) is 5.92 Å². The Bertz CT molecular complexity index is 1110. The smallest absolute Gasteiger partial charge is 0.0130 e. The van der Waals surface area contributed by atoms with E-state index < -0.39 is 0 Å². The molecule has 0 N–H and O–H groups in total. The van der Waals surface area contributed by atoms with Crippen LogP contribution in [-0.2, 0) is 6.42 Å². The average molecular weight is 549 g/mol. The summed E-state index contributed by atoms with van der Waals surface area (Å²) in [4.78, 5) is 0. The van der Waals surface area contributed by atoms with Crippen molar-refractivity contribution in [3.05, 3.63) is 107 Å². The van der Waals surface area contributed by atoms with Gasteiger partial charge in [0.2, 0.25) is 0 Å². The molecule has 1 unspecified atom stereocenters. The molecule has 2 saturated carbocycles. The Morgan fingerprint density at radius 2 is 1.00 bits per heavy atom. The Kier molecular flexibility index (Phi) is 11.6. The summed E-state index contributed by atoms with van der Waals surface area (Å²) in [5, 5.41) is 0. The van der Waals surface area contributed by atoms with Crippen molar-refractivity contribution in [1.82, 2.24) is 0 Å². The minimum absolute atomic E-state index is 0.402. The van der Waals surface area contributed by atoms with Crippen molar-refractivity contribution in [2.75, 3.05) is 0 Å². The summed E-state index contributed by atoms with van der Waals surface area (Å²) in [5.41, 5.74) is 7.50. The third kappa shape index (κ3) is 8.59. The molecule has 0 aromatic heterocycles. The molecule has 2 aliphatic carbocycles. The molecule has 2 aliphatic rings. The summed E-state index contributed by atoms with van der Waals surface area (Å²) in [7, 11) is 0. The van der Waals surface area contributed by atoms with Gasteiger partial charge in [0.1, 0.15) is 0 Å². The molecule has 0 amide bonds. The van der Waals surface area contributed by atoms with E-state index >= 15 is 0 Å². The van der Waals surface area contributed by atoms with Crippen molar-refractivity contribution in [2.45, 2.75) is 134 Å². The lowest BCUT2D eigenvalue weighted by atomic mass is 9.76. The maximum absolute atomic E-state index is 2.47. The standard InChI is InChI=1S/C41H56/c1-3-5-8-12-33-17-23-36(24-18-33)38-27-29-40(30-28-38)41(39-13-9-7-10-14-39)31-34-19-25-37(26-20-34)35-21-15-32(16-22-35)11-6-4-2/h7,9-10,13-14,19-20,25-30,32-33,35-36,41H,3-6,8,11-12,15-18,21-24,31H2,1-2H3. The van der Waals surface area contributed by atoms with Crippen LogP contribution in [0.4, 0.5) is 0 Å². The van der Waals surface area contributed by atoms with Crippen LogP contribution in [0, 0.1) is 11.8 Å². The minimum Gasteiger partial charge on any atom is -0.0654 e. The second-order valence-electron chi connectivity index (χ2n) is 13.6. The monoisotopic (exact) mass is 548 g/mol. The van der Waals surface area contributed by atoms with E-state index in [-0.39, 0.29) is 0 Å². The Hall–Kier alpha value is -2.34. The van der Waals surface area contributed by atoms with Gasteiger partial charge in [-0.25, -0.2) is 0 Å². The van der Waals surface area contributed by atoms with Gasteiger partial charge < -0.3 is 0 Å². The molecule has 0 spiro atoms. The third-order valence-corrected chi connectivity index (χ3v) is 10.8. The lowest BCUT2D eigenvalue weighted by Gasteiger charge is -2.29. The summed E-state index contributed by atoms with van der Waals surface area (Å²) in [6.07, 6.45) is 22.2. The van der Waals surface area contributed by atoms with E-state index in [1.54, 1.807) is 11.1 Å². The molecule has 0 bridgehead atoms. The van der Waals surface area contributed by atoms with Gasteiger partial charge >= 0.3 is 0 Å². The predicted octanol–water partition coefficient (Wildman–Crippen LogP) is 12.4. The number of hydrogen-bond donors (Lipinski definition) is 0. The second kappa shape index (κ2) is 15.8. The van der Waals surface area contributed by atoms with E-state index in [1.165, 1.54) is 113 Å². The molecule has 3 aromatic carbocycles. The van der Waals surface area contributed by atoms with Crippen molar-refractivity contribution in [2.24, 2.45) is 11.8 Å². The predicted molar refractivity (Wildman–Crippen MR) is 178 cm³/mol. The van der Waals surface area contributed by atoms with Gasteiger partial charge in [0.15, 0.2) is 0 Å². The van der Waals surface area contributed by atoms with E-state index in [2.05, 4.69) is 92.7 Å².